The molecule has 0 saturated carbocycles. The van der Waals surface area contributed by atoms with Gasteiger partial charge in [-0.05, 0) is 32.8 Å². The van der Waals surface area contributed by atoms with Crippen LogP contribution in [0.1, 0.15) is 65.9 Å². The maximum Gasteiger partial charge on any atom is 0.227 e. The monoisotopic (exact) mass is 385 g/mol. The van der Waals surface area contributed by atoms with E-state index in [1.54, 1.807) is 0 Å². The molecule has 28 heavy (non-hydrogen) atoms. The molecular weight excluding hydrogens is 350 g/mol. The highest BCUT2D eigenvalue weighted by Crippen LogP contribution is 2.38. The van der Waals surface area contributed by atoms with Crippen molar-refractivity contribution in [3.63, 3.8) is 0 Å². The van der Waals surface area contributed by atoms with Crippen LogP contribution in [-0.2, 0) is 0 Å². The van der Waals surface area contributed by atoms with E-state index in [9.17, 15) is 5.26 Å². The Kier molecular flexibility index (Phi) is 9.64. The number of pyridine rings is 1. The summed E-state index contributed by atoms with van der Waals surface area (Å²) in [6.07, 6.45) is 1.85. The van der Waals surface area contributed by atoms with Gasteiger partial charge in [0.25, 0.3) is 0 Å². The third-order valence-corrected chi connectivity index (χ3v) is 4.44. The normalized spacial score (nSPS) is 19.0. The van der Waals surface area contributed by atoms with Crippen molar-refractivity contribution in [2.75, 3.05) is 18.1 Å². The minimum atomic E-state index is 0.0431. The first-order valence-electron chi connectivity index (χ1n) is 10.6. The van der Waals surface area contributed by atoms with Crippen LogP contribution in [-0.4, -0.2) is 34.1 Å². The molecule has 0 N–H and O–H groups in total. The Morgan fingerprint density at radius 2 is 1.71 bits per heavy atom. The molecular formula is C22H35N5O. The highest BCUT2D eigenvalue weighted by atomic mass is 16.5. The molecule has 1 fully saturated rings. The van der Waals surface area contributed by atoms with Crippen molar-refractivity contribution in [1.82, 2.24) is 15.0 Å². The van der Waals surface area contributed by atoms with Crippen LogP contribution >= 0.6 is 0 Å². The lowest BCUT2D eigenvalue weighted by molar-refractivity contribution is 0.251. The zero-order valence-electron chi connectivity index (χ0n) is 18.7. The minimum absolute atomic E-state index is 0.0431. The molecule has 0 aliphatic carbocycles. The quantitative estimate of drug-likeness (QED) is 0.619. The van der Waals surface area contributed by atoms with E-state index in [0.29, 0.717) is 19.0 Å². The van der Waals surface area contributed by atoms with E-state index in [0.717, 1.165) is 41.1 Å². The molecule has 154 valence electrons. The number of rotatable bonds is 0. The molecule has 2 unspecified atom stereocenters. The number of ether oxygens (including phenoxy) is 1. The molecule has 2 aliphatic heterocycles. The molecule has 2 aromatic heterocycles. The van der Waals surface area contributed by atoms with Gasteiger partial charge < -0.3 is 9.64 Å². The number of fused-ring (bicyclic) bond motifs is 2. The van der Waals surface area contributed by atoms with E-state index >= 15 is 0 Å². The van der Waals surface area contributed by atoms with Crippen molar-refractivity contribution in [2.45, 2.75) is 74.3 Å². The second-order valence-electron chi connectivity index (χ2n) is 6.08. The third-order valence-electron chi connectivity index (χ3n) is 4.44. The standard InChI is InChI=1S/C16H17N5O.3C2H6/c1-9-5-13-14-15(20-10(2)19-13)21-7-11(6-17)3-4-12(21)8-22-16(14)18-9;3*1-2/h5,11-12H,3-4,7-8H2,1-2H3;3*1-2H3. The Morgan fingerprint density at radius 1 is 1.04 bits per heavy atom. The van der Waals surface area contributed by atoms with Gasteiger partial charge in [0.1, 0.15) is 23.6 Å². The molecule has 6 heteroatoms. The van der Waals surface area contributed by atoms with Crippen LogP contribution in [0.4, 0.5) is 5.82 Å². The molecule has 4 rings (SSSR count). The number of piperidine rings is 1. The Morgan fingerprint density at radius 3 is 2.36 bits per heavy atom. The van der Waals surface area contributed by atoms with Crippen LogP contribution in [0, 0.1) is 31.1 Å². The van der Waals surface area contributed by atoms with Gasteiger partial charge in [-0.2, -0.15) is 5.26 Å². The van der Waals surface area contributed by atoms with Crippen LogP contribution in [0.2, 0.25) is 0 Å². The lowest BCUT2D eigenvalue weighted by Gasteiger charge is -2.37. The van der Waals surface area contributed by atoms with Crippen molar-refractivity contribution in [1.29, 1.82) is 5.26 Å². The lowest BCUT2D eigenvalue weighted by atomic mass is 9.94. The summed E-state index contributed by atoms with van der Waals surface area (Å²) in [7, 11) is 0. The smallest absolute Gasteiger partial charge is 0.227 e. The summed E-state index contributed by atoms with van der Waals surface area (Å²) in [5.41, 5.74) is 1.76. The summed E-state index contributed by atoms with van der Waals surface area (Å²) in [5, 5.41) is 10.2. The Hall–Kier alpha value is -2.42. The van der Waals surface area contributed by atoms with Crippen LogP contribution in [0.25, 0.3) is 10.9 Å². The Labute approximate surface area is 170 Å². The fourth-order valence-electron chi connectivity index (χ4n) is 3.39. The zero-order chi connectivity index (χ0) is 21.3. The van der Waals surface area contributed by atoms with Gasteiger partial charge in [0.15, 0.2) is 0 Å². The predicted molar refractivity (Wildman–Crippen MR) is 116 cm³/mol. The van der Waals surface area contributed by atoms with Crippen LogP contribution in [0.3, 0.4) is 0 Å². The van der Waals surface area contributed by atoms with Gasteiger partial charge in [0, 0.05) is 12.2 Å². The van der Waals surface area contributed by atoms with E-state index in [2.05, 4.69) is 25.9 Å². The van der Waals surface area contributed by atoms with Crippen molar-refractivity contribution in [2.24, 2.45) is 5.92 Å². The Bertz CT molecular complexity index is 794. The number of anilines is 1. The topological polar surface area (TPSA) is 74.9 Å². The average Bonchev–Trinajstić information content (AvgIpc) is 2.89. The van der Waals surface area contributed by atoms with E-state index in [1.165, 1.54) is 0 Å². The fraction of sp³-hybridized carbons (Fsp3) is 0.636. The highest BCUT2D eigenvalue weighted by molar-refractivity contribution is 5.94. The minimum Gasteiger partial charge on any atom is -0.475 e. The van der Waals surface area contributed by atoms with Crippen molar-refractivity contribution < 1.29 is 4.74 Å². The molecule has 2 aromatic rings. The fourth-order valence-corrected chi connectivity index (χ4v) is 3.39. The van der Waals surface area contributed by atoms with Crippen LogP contribution in [0.5, 0.6) is 5.88 Å². The number of hydrogen-bond donors (Lipinski definition) is 0. The molecule has 2 aliphatic rings. The summed E-state index contributed by atoms with van der Waals surface area (Å²) in [6, 6.07) is 4.61. The summed E-state index contributed by atoms with van der Waals surface area (Å²) in [5.74, 6) is 2.26. The Balaban J connectivity index is 0.000000599. The number of nitrogens with zero attached hydrogens (tertiary/aromatic N) is 5. The van der Waals surface area contributed by atoms with E-state index < -0.39 is 0 Å². The van der Waals surface area contributed by atoms with Crippen LogP contribution < -0.4 is 9.64 Å². The summed E-state index contributed by atoms with van der Waals surface area (Å²) in [6.45, 7) is 17.1. The van der Waals surface area contributed by atoms with E-state index in [-0.39, 0.29) is 12.0 Å². The SMILES string of the molecule is CC.CC.CC.Cc1cc2nc(C)nc3c2c(n1)OCC1CCC(C#N)CN31. The zero-order valence-corrected chi connectivity index (χ0v) is 18.7. The lowest BCUT2D eigenvalue weighted by Crippen LogP contribution is -2.46. The second-order valence-corrected chi connectivity index (χ2v) is 6.08. The first kappa shape index (κ1) is 23.6. The van der Waals surface area contributed by atoms with Crippen molar-refractivity contribution in [3.05, 3.63) is 17.6 Å². The molecule has 4 heterocycles. The summed E-state index contributed by atoms with van der Waals surface area (Å²) >= 11 is 0. The molecule has 1 saturated heterocycles. The van der Waals surface area contributed by atoms with Gasteiger partial charge in [-0.1, -0.05) is 41.5 Å². The second kappa shape index (κ2) is 11.4. The molecule has 6 nitrogen and oxygen atoms in total. The summed E-state index contributed by atoms with van der Waals surface area (Å²) in [4.78, 5) is 15.9. The molecule has 2 atom stereocenters. The maximum atomic E-state index is 9.28. The molecule has 0 aromatic carbocycles. The molecule has 0 spiro atoms. The van der Waals surface area contributed by atoms with Gasteiger partial charge in [-0.15, -0.1) is 0 Å². The van der Waals surface area contributed by atoms with Gasteiger partial charge in [0.2, 0.25) is 5.88 Å². The highest BCUT2D eigenvalue weighted by Gasteiger charge is 2.34. The average molecular weight is 386 g/mol. The number of aromatic nitrogens is 3. The van der Waals surface area contributed by atoms with Gasteiger partial charge in [0.05, 0.1) is 23.5 Å². The maximum absolute atomic E-state index is 9.28. The van der Waals surface area contributed by atoms with E-state index in [4.69, 9.17) is 4.74 Å². The van der Waals surface area contributed by atoms with E-state index in [1.807, 2.05) is 61.5 Å². The first-order chi connectivity index (χ1) is 13.7. The van der Waals surface area contributed by atoms with Gasteiger partial charge in [-0.25, -0.2) is 15.0 Å². The van der Waals surface area contributed by atoms with Gasteiger partial charge >= 0.3 is 0 Å². The number of hydrogen-bond acceptors (Lipinski definition) is 6. The third kappa shape index (κ3) is 4.89. The van der Waals surface area contributed by atoms with Gasteiger partial charge in [-0.3, -0.25) is 0 Å². The number of nitriles is 1. The summed E-state index contributed by atoms with van der Waals surface area (Å²) < 4.78 is 5.96. The first-order valence-corrected chi connectivity index (χ1v) is 10.6. The molecule has 0 bridgehead atoms. The molecule has 0 radical (unpaired) electrons. The predicted octanol–water partition coefficient (Wildman–Crippen LogP) is 5.22. The number of aryl methyl sites for hydroxylation is 2. The van der Waals surface area contributed by atoms with Crippen LogP contribution in [0.15, 0.2) is 6.07 Å². The largest absolute Gasteiger partial charge is 0.475 e. The van der Waals surface area contributed by atoms with Crippen molar-refractivity contribution in [3.8, 4) is 11.9 Å². The van der Waals surface area contributed by atoms with Crippen molar-refractivity contribution >= 4 is 16.7 Å². The molecule has 0 amide bonds.